The predicted octanol–water partition coefficient (Wildman–Crippen LogP) is 14.2. The minimum absolute atomic E-state index is 0.154. The van der Waals surface area contributed by atoms with Gasteiger partial charge in [0, 0.05) is 44.5 Å². The molecule has 12 aromatic rings. The molecule has 1 aliphatic carbocycles. The van der Waals surface area contributed by atoms with Crippen molar-refractivity contribution in [2.75, 3.05) is 0 Å². The molecule has 1 aliphatic rings. The Labute approximate surface area is 402 Å². The molecule has 0 spiro atoms. The zero-order valence-electron chi connectivity index (χ0n) is 59.9. The van der Waals surface area contributed by atoms with Gasteiger partial charge < -0.3 is 4.42 Å². The summed E-state index contributed by atoms with van der Waals surface area (Å²) in [6.45, 7) is 0. The molecule has 0 saturated carbocycles. The zero-order valence-corrected chi connectivity index (χ0v) is 31.9. The van der Waals surface area contributed by atoms with Gasteiger partial charge in [0.15, 0.2) is 5.82 Å². The molecule has 0 atom stereocenters. The predicted molar refractivity (Wildman–Crippen MR) is 256 cm³/mol. The van der Waals surface area contributed by atoms with E-state index in [1.54, 1.807) is 30.3 Å². The maximum absolute atomic E-state index is 10.2. The highest BCUT2D eigenvalue weighted by Gasteiger charge is 2.27. The average Bonchev–Trinajstić information content (AvgIpc) is 1.56. The molecule has 0 bridgehead atoms. The van der Waals surface area contributed by atoms with Crippen molar-refractivity contribution in [3.8, 4) is 45.3 Å². The summed E-state index contributed by atoms with van der Waals surface area (Å²) in [6.07, 6.45) is 2.23. The molecule has 13 rings (SSSR count). The first-order valence-electron chi connectivity index (χ1n) is 33.2. The summed E-state index contributed by atoms with van der Waals surface area (Å²) in [5, 5.41) is -1.70. The van der Waals surface area contributed by atoms with Crippen LogP contribution in [-0.2, 0) is 6.42 Å². The van der Waals surface area contributed by atoms with Gasteiger partial charge in [0.25, 0.3) is 0 Å². The second-order valence-electron chi connectivity index (χ2n) is 14.1. The maximum Gasteiger partial charge on any atom is 0.240 e. The van der Waals surface area contributed by atoms with Gasteiger partial charge in [-0.25, -0.2) is 0 Å². The van der Waals surface area contributed by atoms with Crippen molar-refractivity contribution in [3.63, 3.8) is 0 Å². The monoisotopic (exact) mass is 835 g/mol. The molecule has 6 heteroatoms. The first-order chi connectivity index (χ1) is 42.9. The fraction of sp³-hybridized carbons (Fsp3) is 0.0351. The third-order valence-corrected chi connectivity index (χ3v) is 10.6. The van der Waals surface area contributed by atoms with Gasteiger partial charge in [-0.2, -0.15) is 15.0 Å². The Morgan fingerprint density at radius 1 is 0.444 bits per heavy atom. The Morgan fingerprint density at radius 2 is 0.921 bits per heavy atom. The molecule has 4 aromatic heterocycles. The third kappa shape index (κ3) is 5.69. The first-order valence-corrected chi connectivity index (χ1v) is 19.2. The van der Waals surface area contributed by atoms with Gasteiger partial charge in [-0.3, -0.25) is 9.13 Å². The smallest absolute Gasteiger partial charge is 0.240 e. The van der Waals surface area contributed by atoms with Crippen molar-refractivity contribution in [1.29, 1.82) is 0 Å². The van der Waals surface area contributed by atoms with Crippen molar-refractivity contribution in [3.05, 3.63) is 217 Å². The van der Waals surface area contributed by atoms with Gasteiger partial charge in [0.1, 0.15) is 11.3 Å². The number of benzene rings is 8. The SMILES string of the molecule is [2H]c1c([2H])c([2H])c(-c2c([2H])c([2H])c3c4c([2H])c([2H])c([2H])c([2H])c4n(-c4nc(C5=CCCc6oc7ccccc7c65)nc(-n5c6c([2H])c(-c7c([2H])c([2H])c([2H])c([2H])c7[2H])c([2H])c([2H])c6c6c([2H])c([2H])c(-c7c([2H])c([2H])c([2H])c([2H])c7[2H])c([2H])c65)n4)c3c2[2H])c([2H])c1[2H]. The Balaban J connectivity index is 1.30. The van der Waals surface area contributed by atoms with E-state index in [1.807, 2.05) is 0 Å². The number of rotatable bonds is 6. The lowest BCUT2D eigenvalue weighted by Crippen LogP contribution is -2.13. The van der Waals surface area contributed by atoms with Crippen molar-refractivity contribution < 1.29 is 42.8 Å². The first kappa shape index (κ1) is 17.6. The van der Waals surface area contributed by atoms with Gasteiger partial charge in [-0.1, -0.05) is 169 Å². The van der Waals surface area contributed by atoms with E-state index < -0.39 is 258 Å². The zero-order chi connectivity index (χ0) is 65.8. The largest absolute Gasteiger partial charge is 0.460 e. The normalized spacial score (nSPS) is 19.0. The quantitative estimate of drug-likeness (QED) is 0.167. The Kier molecular flexibility index (Phi) is 3.93. The third-order valence-electron chi connectivity index (χ3n) is 10.6. The molecule has 0 radical (unpaired) electrons. The van der Waals surface area contributed by atoms with Crippen molar-refractivity contribution in [1.82, 2.24) is 24.1 Å². The van der Waals surface area contributed by atoms with Crippen LogP contribution in [0, 0.1) is 0 Å². The van der Waals surface area contributed by atoms with Crippen LogP contribution in [0.15, 0.2) is 204 Å². The van der Waals surface area contributed by atoms with Gasteiger partial charge in [0.05, 0.1) is 60.4 Å². The van der Waals surface area contributed by atoms with E-state index in [1.165, 1.54) is 0 Å². The number of hydrogen-bond acceptors (Lipinski definition) is 4. The second-order valence-corrected chi connectivity index (χ2v) is 14.1. The number of nitrogens with zero attached hydrogens (tertiary/aromatic N) is 5. The highest BCUT2D eigenvalue weighted by molar-refractivity contribution is 6.12. The molecule has 0 unspecified atom stereocenters. The van der Waals surface area contributed by atoms with E-state index in [9.17, 15) is 15.1 Å². The van der Waals surface area contributed by atoms with Gasteiger partial charge in [0.2, 0.25) is 11.9 Å². The topological polar surface area (TPSA) is 61.7 Å². The number of fused-ring (bicyclic) bond motifs is 9. The van der Waals surface area contributed by atoms with Crippen LogP contribution in [0.4, 0.5) is 0 Å². The Hall–Kier alpha value is -8.35. The van der Waals surface area contributed by atoms with E-state index >= 15 is 0 Å². The highest BCUT2D eigenvalue weighted by atomic mass is 16.3. The highest BCUT2D eigenvalue weighted by Crippen LogP contribution is 2.41. The van der Waals surface area contributed by atoms with Gasteiger partial charge >= 0.3 is 0 Å². The van der Waals surface area contributed by atoms with Gasteiger partial charge in [-0.15, -0.1) is 0 Å². The van der Waals surface area contributed by atoms with Crippen LogP contribution in [0.1, 0.15) is 62.0 Å². The van der Waals surface area contributed by atoms with E-state index in [0.717, 1.165) is 9.13 Å². The standard InChI is InChI=1S/C57H37N5O/c1-4-15-36(16-5-1)39-27-30-43-42-21-10-12-24-48(42)61(49(43)33-39)56-58-55(47-23-14-26-53-54(47)46-22-11-13-25-52(46)63-53)59-57(60-56)62-50-34-40(37-17-6-2-7-18-37)28-31-44(50)45-32-29-41(35-51(45)62)38-19-8-3-9-20-38/h1-13,15-25,27-35H,14,26H2/i1D,2D,3D,4D,5D,6D,7D,8D,9D,10D,12D,15D,16D,17D,18D,19D,20D,21D,24D,27D,28D,29D,30D,31D,32D,33D,34D,35D. The molecule has 8 aromatic carbocycles. The summed E-state index contributed by atoms with van der Waals surface area (Å²) < 4.78 is 264. The van der Waals surface area contributed by atoms with Crippen LogP contribution in [0.5, 0.6) is 0 Å². The molecule has 0 aliphatic heterocycles. The minimum Gasteiger partial charge on any atom is -0.460 e. The fourth-order valence-electron chi connectivity index (χ4n) is 7.91. The molecule has 0 N–H and O–H groups in total. The fourth-order valence-corrected chi connectivity index (χ4v) is 7.91. The number of hydrogen-bond donors (Lipinski definition) is 0. The number of aromatic nitrogens is 5. The lowest BCUT2D eigenvalue weighted by Gasteiger charge is -2.16. The number of aryl methyl sites for hydroxylation is 1. The van der Waals surface area contributed by atoms with Crippen LogP contribution in [0.2, 0.25) is 0 Å². The molecule has 6 nitrogen and oxygen atoms in total. The molecule has 0 saturated heterocycles. The lowest BCUT2D eigenvalue weighted by molar-refractivity contribution is 0.545. The molecule has 63 heavy (non-hydrogen) atoms. The van der Waals surface area contributed by atoms with E-state index in [0.29, 0.717) is 28.7 Å². The van der Waals surface area contributed by atoms with Gasteiger partial charge in [-0.05, 0) is 70.0 Å². The van der Waals surface area contributed by atoms with E-state index in [-0.39, 0.29) is 17.8 Å². The van der Waals surface area contributed by atoms with Crippen LogP contribution in [-0.4, -0.2) is 24.1 Å². The summed E-state index contributed by atoms with van der Waals surface area (Å²) in [6, 6.07) is -18.5. The number of allylic oxidation sites excluding steroid dienone is 1. The Bertz CT molecular complexity index is 5240. The Morgan fingerprint density at radius 3 is 1.48 bits per heavy atom. The van der Waals surface area contributed by atoms with Crippen molar-refractivity contribution in [2.45, 2.75) is 12.8 Å². The summed E-state index contributed by atoms with van der Waals surface area (Å²) >= 11 is 0. The summed E-state index contributed by atoms with van der Waals surface area (Å²) in [5.41, 5.74) is -6.13. The summed E-state index contributed by atoms with van der Waals surface area (Å²) in [5.74, 6) is -1.55. The van der Waals surface area contributed by atoms with Crippen LogP contribution in [0.3, 0.4) is 0 Å². The van der Waals surface area contributed by atoms with Crippen molar-refractivity contribution in [2.24, 2.45) is 0 Å². The molecule has 0 amide bonds. The molecule has 296 valence electrons. The van der Waals surface area contributed by atoms with E-state index in [4.69, 9.17) is 42.7 Å². The summed E-state index contributed by atoms with van der Waals surface area (Å²) in [4.78, 5) is 14.8. The number of para-hydroxylation sites is 2. The molecule has 4 heterocycles. The average molecular weight is 836 g/mol. The van der Waals surface area contributed by atoms with Crippen molar-refractivity contribution >= 4 is 60.2 Å². The molecular weight excluding hydrogens is 771 g/mol. The maximum atomic E-state index is 10.2. The van der Waals surface area contributed by atoms with Crippen LogP contribution < -0.4 is 0 Å². The number of furan rings is 1. The van der Waals surface area contributed by atoms with Crippen LogP contribution >= 0.6 is 0 Å². The summed E-state index contributed by atoms with van der Waals surface area (Å²) in [7, 11) is 0. The van der Waals surface area contributed by atoms with Crippen LogP contribution in [0.25, 0.3) is 105 Å². The van der Waals surface area contributed by atoms with E-state index in [2.05, 4.69) is 0 Å². The molecule has 0 fully saturated rings. The minimum atomic E-state index is -0.955. The second kappa shape index (κ2) is 14.1. The lowest BCUT2D eigenvalue weighted by atomic mass is 9.94. The molecular formula is C57H37N5O.